The normalized spacial score (nSPS) is 16.7. The molecule has 1 aliphatic heterocycles. The van der Waals surface area contributed by atoms with Crippen molar-refractivity contribution in [3.63, 3.8) is 0 Å². The molecular formula is C15H19N3O. The summed E-state index contributed by atoms with van der Waals surface area (Å²) in [6.07, 6.45) is 3.89. The Morgan fingerprint density at radius 1 is 1.26 bits per heavy atom. The van der Waals surface area contributed by atoms with Gasteiger partial charge in [-0.2, -0.15) is 0 Å². The first-order valence-electron chi connectivity index (χ1n) is 6.81. The number of para-hydroxylation sites is 1. The van der Waals surface area contributed by atoms with Gasteiger partial charge in [0.2, 0.25) is 0 Å². The summed E-state index contributed by atoms with van der Waals surface area (Å²) in [6, 6.07) is 8.29. The van der Waals surface area contributed by atoms with Crippen LogP contribution >= 0.6 is 0 Å². The number of fused-ring (bicyclic) bond motifs is 1. The summed E-state index contributed by atoms with van der Waals surface area (Å²) in [5, 5.41) is 4.34. The summed E-state index contributed by atoms with van der Waals surface area (Å²) in [4.78, 5) is 17.7. The molecule has 1 fully saturated rings. The number of amides is 1. The number of nitrogens with zero attached hydrogens (tertiary/aromatic N) is 1. The molecule has 3 rings (SSSR count). The number of benzene rings is 1. The van der Waals surface area contributed by atoms with Crippen LogP contribution in [-0.4, -0.2) is 42.0 Å². The first-order chi connectivity index (χ1) is 9.27. The van der Waals surface area contributed by atoms with E-state index in [9.17, 15) is 4.79 Å². The molecule has 0 spiro atoms. The molecule has 1 aromatic carbocycles. The lowest BCUT2D eigenvalue weighted by atomic mass is 10.0. The highest BCUT2D eigenvalue weighted by molar-refractivity contribution is 6.06. The number of aromatic amines is 1. The Hall–Kier alpha value is -1.81. The predicted molar refractivity (Wildman–Crippen MR) is 76.3 cm³/mol. The Kier molecular flexibility index (Phi) is 3.25. The van der Waals surface area contributed by atoms with Gasteiger partial charge in [0.25, 0.3) is 5.91 Å². The highest BCUT2D eigenvalue weighted by Crippen LogP contribution is 2.21. The number of hydrogen-bond donors (Lipinski definition) is 2. The molecule has 0 aliphatic carbocycles. The van der Waals surface area contributed by atoms with Crippen LogP contribution in [0.2, 0.25) is 0 Å². The van der Waals surface area contributed by atoms with E-state index in [0.717, 1.165) is 42.4 Å². The fraction of sp³-hybridized carbons (Fsp3) is 0.400. The average Bonchev–Trinajstić information content (AvgIpc) is 2.90. The Bertz CT molecular complexity index is 584. The van der Waals surface area contributed by atoms with Gasteiger partial charge in [0.05, 0.1) is 5.56 Å². The van der Waals surface area contributed by atoms with Gasteiger partial charge in [-0.3, -0.25) is 4.79 Å². The minimum atomic E-state index is 0.115. The van der Waals surface area contributed by atoms with E-state index < -0.39 is 0 Å². The summed E-state index contributed by atoms with van der Waals surface area (Å²) < 4.78 is 0. The van der Waals surface area contributed by atoms with E-state index in [-0.39, 0.29) is 5.91 Å². The van der Waals surface area contributed by atoms with Gasteiger partial charge in [-0.15, -0.1) is 0 Å². The van der Waals surface area contributed by atoms with Crippen molar-refractivity contribution in [1.82, 2.24) is 15.2 Å². The quantitative estimate of drug-likeness (QED) is 0.864. The molecule has 1 aromatic heterocycles. The molecule has 0 saturated carbocycles. The Balaban J connectivity index is 1.86. The van der Waals surface area contributed by atoms with Crippen LogP contribution < -0.4 is 5.32 Å². The van der Waals surface area contributed by atoms with Gasteiger partial charge in [0.15, 0.2) is 0 Å². The van der Waals surface area contributed by atoms with Crippen molar-refractivity contribution in [1.29, 1.82) is 0 Å². The lowest BCUT2D eigenvalue weighted by molar-refractivity contribution is 0.0705. The van der Waals surface area contributed by atoms with Gasteiger partial charge in [0.1, 0.15) is 0 Å². The molecule has 2 aromatic rings. The number of aromatic nitrogens is 1. The summed E-state index contributed by atoms with van der Waals surface area (Å²) in [7, 11) is 1.92. The van der Waals surface area contributed by atoms with Gasteiger partial charge in [-0.1, -0.05) is 18.2 Å². The molecule has 2 heterocycles. The summed E-state index contributed by atoms with van der Waals surface area (Å²) in [6.45, 7) is 1.99. The van der Waals surface area contributed by atoms with E-state index >= 15 is 0 Å². The van der Waals surface area contributed by atoms with Gasteiger partial charge < -0.3 is 15.2 Å². The molecule has 0 atom stereocenters. The van der Waals surface area contributed by atoms with Crippen LogP contribution in [0, 0.1) is 0 Å². The smallest absolute Gasteiger partial charge is 0.256 e. The average molecular weight is 257 g/mol. The number of carbonyl (C=O) groups excluding carboxylic acids is 1. The molecule has 0 radical (unpaired) electrons. The topological polar surface area (TPSA) is 48.1 Å². The van der Waals surface area contributed by atoms with Gasteiger partial charge in [-0.05, 0) is 32.0 Å². The summed E-state index contributed by atoms with van der Waals surface area (Å²) in [5.74, 6) is 0.115. The van der Waals surface area contributed by atoms with E-state index in [4.69, 9.17) is 0 Å². The molecule has 2 N–H and O–H groups in total. The highest BCUT2D eigenvalue weighted by atomic mass is 16.2. The Morgan fingerprint density at radius 2 is 2.00 bits per heavy atom. The molecule has 1 aliphatic rings. The molecule has 4 nitrogen and oxygen atoms in total. The monoisotopic (exact) mass is 257 g/mol. The van der Waals surface area contributed by atoms with Crippen LogP contribution in [-0.2, 0) is 0 Å². The first-order valence-corrected chi connectivity index (χ1v) is 6.81. The second-order valence-corrected chi connectivity index (χ2v) is 5.15. The zero-order chi connectivity index (χ0) is 13.2. The van der Waals surface area contributed by atoms with Crippen molar-refractivity contribution >= 4 is 16.8 Å². The van der Waals surface area contributed by atoms with E-state index in [1.54, 1.807) is 0 Å². The van der Waals surface area contributed by atoms with Crippen LogP contribution in [0.5, 0.6) is 0 Å². The highest BCUT2D eigenvalue weighted by Gasteiger charge is 2.24. The lowest BCUT2D eigenvalue weighted by Gasteiger charge is -2.31. The van der Waals surface area contributed by atoms with Crippen LogP contribution in [0.25, 0.3) is 10.9 Å². The minimum Gasteiger partial charge on any atom is -0.360 e. The molecule has 100 valence electrons. The number of piperidine rings is 1. The maximum atomic E-state index is 12.6. The van der Waals surface area contributed by atoms with Crippen LogP contribution in [0.15, 0.2) is 30.5 Å². The zero-order valence-electron chi connectivity index (χ0n) is 11.1. The molecule has 19 heavy (non-hydrogen) atoms. The van der Waals surface area contributed by atoms with Crippen LogP contribution in [0.3, 0.4) is 0 Å². The van der Waals surface area contributed by atoms with Gasteiger partial charge >= 0.3 is 0 Å². The van der Waals surface area contributed by atoms with Crippen molar-refractivity contribution in [3.8, 4) is 0 Å². The first kappa shape index (κ1) is 12.2. The van der Waals surface area contributed by atoms with Crippen molar-refractivity contribution < 1.29 is 4.79 Å². The largest absolute Gasteiger partial charge is 0.360 e. The molecule has 1 amide bonds. The van der Waals surface area contributed by atoms with E-state index in [1.165, 1.54) is 0 Å². The second-order valence-electron chi connectivity index (χ2n) is 5.15. The van der Waals surface area contributed by atoms with Crippen molar-refractivity contribution in [2.75, 3.05) is 20.1 Å². The van der Waals surface area contributed by atoms with Crippen molar-refractivity contribution in [2.45, 2.75) is 18.9 Å². The SMILES string of the molecule is CN(C(=O)c1c[nH]c2ccccc12)C1CCNCC1. The standard InChI is InChI=1S/C15H19N3O/c1-18(11-6-8-16-9-7-11)15(19)13-10-17-14-5-3-2-4-12(13)14/h2-5,10-11,16-17H,6-9H2,1H3. The minimum absolute atomic E-state index is 0.115. The third kappa shape index (κ3) is 2.24. The molecule has 4 heteroatoms. The second kappa shape index (κ2) is 5.05. The Morgan fingerprint density at radius 3 is 2.79 bits per heavy atom. The van der Waals surface area contributed by atoms with Crippen molar-refractivity contribution in [3.05, 3.63) is 36.0 Å². The maximum Gasteiger partial charge on any atom is 0.256 e. The number of rotatable bonds is 2. The number of H-pyrrole nitrogens is 1. The summed E-state index contributed by atoms with van der Waals surface area (Å²) >= 11 is 0. The van der Waals surface area contributed by atoms with E-state index in [1.807, 2.05) is 42.4 Å². The van der Waals surface area contributed by atoms with E-state index in [0.29, 0.717) is 6.04 Å². The Labute approximate surface area is 112 Å². The maximum absolute atomic E-state index is 12.6. The van der Waals surface area contributed by atoms with Crippen molar-refractivity contribution in [2.24, 2.45) is 0 Å². The number of hydrogen-bond acceptors (Lipinski definition) is 2. The fourth-order valence-corrected chi connectivity index (χ4v) is 2.80. The molecule has 0 unspecified atom stereocenters. The van der Waals surface area contributed by atoms with Gasteiger partial charge in [0, 0.05) is 30.2 Å². The number of carbonyl (C=O) groups is 1. The summed E-state index contributed by atoms with van der Waals surface area (Å²) in [5.41, 5.74) is 1.79. The lowest BCUT2D eigenvalue weighted by Crippen LogP contribution is -2.43. The molecule has 0 bridgehead atoms. The third-order valence-electron chi connectivity index (χ3n) is 4.00. The van der Waals surface area contributed by atoms with Gasteiger partial charge in [-0.25, -0.2) is 0 Å². The molecular weight excluding hydrogens is 238 g/mol. The zero-order valence-corrected chi connectivity index (χ0v) is 11.1. The molecule has 1 saturated heterocycles. The fourth-order valence-electron chi connectivity index (χ4n) is 2.80. The number of nitrogens with one attached hydrogen (secondary N) is 2. The third-order valence-corrected chi connectivity index (χ3v) is 4.00. The van der Waals surface area contributed by atoms with E-state index in [2.05, 4.69) is 10.3 Å². The van der Waals surface area contributed by atoms with Crippen LogP contribution in [0.4, 0.5) is 0 Å². The van der Waals surface area contributed by atoms with Crippen LogP contribution in [0.1, 0.15) is 23.2 Å². The predicted octanol–water partition coefficient (Wildman–Crippen LogP) is 1.99.